The van der Waals surface area contributed by atoms with Gasteiger partial charge < -0.3 is 33.8 Å². The molecule has 0 heterocycles. The summed E-state index contributed by atoms with van der Waals surface area (Å²) in [6.45, 7) is 4.66. The summed E-state index contributed by atoms with van der Waals surface area (Å²) >= 11 is 0. The van der Waals surface area contributed by atoms with E-state index in [2.05, 4.69) is 76.3 Å². The molecular formula is C65H118O17P2. The van der Waals surface area contributed by atoms with Gasteiger partial charge in [0, 0.05) is 25.7 Å². The minimum Gasteiger partial charge on any atom is -0.462 e. The maximum atomic E-state index is 13.0. The summed E-state index contributed by atoms with van der Waals surface area (Å²) in [5, 5.41) is 10.5. The molecule has 0 aromatic carbocycles. The van der Waals surface area contributed by atoms with Crippen LogP contribution in [0.5, 0.6) is 0 Å². The number of phosphoric acid groups is 2. The summed E-state index contributed by atoms with van der Waals surface area (Å²) in [4.78, 5) is 72.2. The zero-order valence-corrected chi connectivity index (χ0v) is 54.6. The monoisotopic (exact) mass is 1230 g/mol. The van der Waals surface area contributed by atoms with Gasteiger partial charge in [-0.05, 0) is 103 Å². The minimum absolute atomic E-state index is 0.0866. The van der Waals surface area contributed by atoms with E-state index < -0.39 is 97.5 Å². The first-order valence-electron chi connectivity index (χ1n) is 32.9. The van der Waals surface area contributed by atoms with Crippen LogP contribution >= 0.6 is 15.6 Å². The average molecular weight is 1230 g/mol. The third-order valence-corrected chi connectivity index (χ3v) is 15.6. The molecule has 2 unspecified atom stereocenters. The second kappa shape index (κ2) is 59.0. The molecule has 4 atom stereocenters. The number of aliphatic hydroxyl groups excluding tert-OH is 1. The fourth-order valence-corrected chi connectivity index (χ4v) is 10.1. The first-order chi connectivity index (χ1) is 40.7. The second-order valence-corrected chi connectivity index (χ2v) is 25.0. The highest BCUT2D eigenvalue weighted by molar-refractivity contribution is 7.47. The molecule has 490 valence electrons. The van der Waals surface area contributed by atoms with Gasteiger partial charge in [-0.1, -0.05) is 205 Å². The molecule has 0 aliphatic heterocycles. The van der Waals surface area contributed by atoms with Gasteiger partial charge >= 0.3 is 39.5 Å². The SMILES string of the molecule is CCCC/C=C\CCCCCCCC(=O)OC[C@H](COP(=O)(O)OCC(O)COP(=O)(O)OC[C@@H](COC(=O)CCCCCCC/C=C\CCCC)OC(=O)CCCCCCC/C=C\CCCC)OC(=O)CCCCCCC/C=C\CCCC. The predicted octanol–water partition coefficient (Wildman–Crippen LogP) is 17.4. The standard InChI is InChI=1S/C65H118O17P2/c1-5-9-13-17-21-25-29-33-37-41-45-49-62(67)75-55-60(81-64(69)51-47-43-39-35-31-27-23-19-15-11-7-3)57-79-83(71,72)77-53-59(66)54-78-84(73,74)80-58-61(82-65(70)52-48-44-40-36-32-28-24-20-16-12-8-4)56-76-63(68)50-46-42-38-34-30-26-22-18-14-10-6-2/h17-24,59-61,66H,5-16,25-58H2,1-4H3,(H,71,72)(H,73,74)/b21-17-,22-18-,23-19-,24-20-/t60-,61-/m1/s1. The lowest BCUT2D eigenvalue weighted by Crippen LogP contribution is -2.30. The van der Waals surface area contributed by atoms with Gasteiger partial charge in [-0.2, -0.15) is 0 Å². The van der Waals surface area contributed by atoms with Crippen LogP contribution in [0.4, 0.5) is 0 Å². The maximum Gasteiger partial charge on any atom is 0.472 e. The second-order valence-electron chi connectivity index (χ2n) is 22.0. The number of hydrogen-bond acceptors (Lipinski definition) is 15. The molecule has 0 aliphatic carbocycles. The quantitative estimate of drug-likeness (QED) is 0.0169. The third kappa shape index (κ3) is 58.1. The van der Waals surface area contributed by atoms with Crippen LogP contribution in [0.3, 0.4) is 0 Å². The summed E-state index contributed by atoms with van der Waals surface area (Å²) in [7, 11) is -9.91. The molecule has 0 amide bonds. The number of unbranched alkanes of at least 4 members (excludes halogenated alkanes) is 28. The van der Waals surface area contributed by atoms with Crippen LogP contribution in [0.1, 0.15) is 285 Å². The predicted molar refractivity (Wildman–Crippen MR) is 335 cm³/mol. The Kier molecular flexibility index (Phi) is 56.9. The van der Waals surface area contributed by atoms with Crippen LogP contribution in [0.2, 0.25) is 0 Å². The van der Waals surface area contributed by atoms with E-state index in [-0.39, 0.29) is 25.7 Å². The number of esters is 4. The lowest BCUT2D eigenvalue weighted by Gasteiger charge is -2.21. The molecular weight excluding hydrogens is 1110 g/mol. The van der Waals surface area contributed by atoms with Gasteiger partial charge in [-0.15, -0.1) is 0 Å². The van der Waals surface area contributed by atoms with Crippen molar-refractivity contribution in [2.75, 3.05) is 39.6 Å². The number of carbonyl (C=O) groups is 4. The van der Waals surface area contributed by atoms with E-state index in [1.165, 1.54) is 51.4 Å². The van der Waals surface area contributed by atoms with Crippen LogP contribution in [0, 0.1) is 0 Å². The topological polar surface area (TPSA) is 237 Å². The van der Waals surface area contributed by atoms with Crippen molar-refractivity contribution in [2.24, 2.45) is 0 Å². The highest BCUT2D eigenvalue weighted by Gasteiger charge is 2.30. The molecule has 0 spiro atoms. The zero-order chi connectivity index (χ0) is 61.9. The van der Waals surface area contributed by atoms with Gasteiger partial charge in [-0.25, -0.2) is 9.13 Å². The number of rotatable bonds is 62. The molecule has 0 aliphatic rings. The van der Waals surface area contributed by atoms with Crippen LogP contribution in [0.15, 0.2) is 48.6 Å². The maximum absolute atomic E-state index is 13.0. The van der Waals surface area contributed by atoms with E-state index in [4.69, 9.17) is 37.0 Å². The molecule has 19 heteroatoms. The lowest BCUT2D eigenvalue weighted by molar-refractivity contribution is -0.161. The van der Waals surface area contributed by atoms with E-state index in [1.54, 1.807) is 0 Å². The fraction of sp³-hybridized carbons (Fsp3) is 0.815. The van der Waals surface area contributed by atoms with Crippen molar-refractivity contribution in [3.63, 3.8) is 0 Å². The van der Waals surface area contributed by atoms with Gasteiger partial charge in [0.1, 0.15) is 19.3 Å². The molecule has 3 N–H and O–H groups in total. The number of carbonyl (C=O) groups excluding carboxylic acids is 4. The number of allylic oxidation sites excluding steroid dienone is 8. The molecule has 0 saturated carbocycles. The van der Waals surface area contributed by atoms with Crippen LogP contribution in [-0.4, -0.2) is 96.7 Å². The van der Waals surface area contributed by atoms with Gasteiger partial charge in [0.25, 0.3) is 0 Å². The van der Waals surface area contributed by atoms with Gasteiger partial charge in [0.2, 0.25) is 0 Å². The molecule has 0 saturated heterocycles. The Morgan fingerprint density at radius 2 is 0.548 bits per heavy atom. The first kappa shape index (κ1) is 81.0. The normalized spacial score (nSPS) is 14.5. The van der Waals surface area contributed by atoms with E-state index in [0.29, 0.717) is 25.7 Å². The van der Waals surface area contributed by atoms with Gasteiger partial charge in [0.05, 0.1) is 26.4 Å². The Morgan fingerprint density at radius 3 is 0.821 bits per heavy atom. The van der Waals surface area contributed by atoms with Crippen LogP contribution in [0.25, 0.3) is 0 Å². The summed E-state index contributed by atoms with van der Waals surface area (Å²) in [6.07, 6.45) is 50.1. The third-order valence-electron chi connectivity index (χ3n) is 13.7. The highest BCUT2D eigenvalue weighted by atomic mass is 31.2. The van der Waals surface area contributed by atoms with Crippen molar-refractivity contribution < 1.29 is 80.2 Å². The van der Waals surface area contributed by atoms with Crippen molar-refractivity contribution in [3.05, 3.63) is 48.6 Å². The number of aliphatic hydroxyl groups is 1. The van der Waals surface area contributed by atoms with E-state index in [1.807, 2.05) is 0 Å². The molecule has 0 aromatic heterocycles. The Hall–Kier alpha value is -2.98. The number of hydrogen-bond donors (Lipinski definition) is 3. The van der Waals surface area contributed by atoms with E-state index in [9.17, 15) is 43.2 Å². The van der Waals surface area contributed by atoms with Crippen molar-refractivity contribution in [3.8, 4) is 0 Å². The molecule has 0 bridgehead atoms. The average Bonchev–Trinajstić information content (AvgIpc) is 3.58. The fourth-order valence-electron chi connectivity index (χ4n) is 8.55. The zero-order valence-electron chi connectivity index (χ0n) is 52.8. The van der Waals surface area contributed by atoms with Crippen molar-refractivity contribution in [1.29, 1.82) is 0 Å². The molecule has 17 nitrogen and oxygen atoms in total. The highest BCUT2D eigenvalue weighted by Crippen LogP contribution is 2.45. The summed E-state index contributed by atoms with van der Waals surface area (Å²) in [5.74, 6) is -2.20. The first-order valence-corrected chi connectivity index (χ1v) is 35.9. The molecule has 0 radical (unpaired) electrons. The van der Waals surface area contributed by atoms with Crippen molar-refractivity contribution in [2.45, 2.75) is 303 Å². The Labute approximate surface area is 508 Å². The Bertz CT molecular complexity index is 1680. The smallest absolute Gasteiger partial charge is 0.462 e. The van der Waals surface area contributed by atoms with E-state index >= 15 is 0 Å². The van der Waals surface area contributed by atoms with Crippen molar-refractivity contribution >= 4 is 39.5 Å². The molecule has 84 heavy (non-hydrogen) atoms. The summed E-state index contributed by atoms with van der Waals surface area (Å²) in [5.41, 5.74) is 0. The molecule has 0 aromatic rings. The minimum atomic E-state index is -4.96. The van der Waals surface area contributed by atoms with Crippen LogP contribution < -0.4 is 0 Å². The van der Waals surface area contributed by atoms with Crippen molar-refractivity contribution in [1.82, 2.24) is 0 Å². The summed E-state index contributed by atoms with van der Waals surface area (Å²) in [6, 6.07) is 0. The number of phosphoric ester groups is 2. The van der Waals surface area contributed by atoms with Crippen LogP contribution in [-0.2, 0) is 65.4 Å². The van der Waals surface area contributed by atoms with Gasteiger partial charge in [0.15, 0.2) is 12.2 Å². The summed E-state index contributed by atoms with van der Waals surface area (Å²) < 4.78 is 67.9. The largest absolute Gasteiger partial charge is 0.472 e. The Morgan fingerprint density at radius 1 is 0.321 bits per heavy atom. The number of ether oxygens (including phenoxy) is 4. The van der Waals surface area contributed by atoms with E-state index in [0.717, 1.165) is 154 Å². The Balaban J connectivity index is 5.29. The molecule has 0 fully saturated rings. The van der Waals surface area contributed by atoms with Gasteiger partial charge in [-0.3, -0.25) is 37.3 Å². The lowest BCUT2D eigenvalue weighted by atomic mass is 10.1. The molecule has 0 rings (SSSR count).